The summed E-state index contributed by atoms with van der Waals surface area (Å²) in [7, 11) is 0. The number of hydrogen-bond donors (Lipinski definition) is 0. The van der Waals surface area contributed by atoms with Crippen molar-refractivity contribution in [1.82, 2.24) is 0 Å². The van der Waals surface area contributed by atoms with Crippen LogP contribution in [0.5, 0.6) is 0 Å². The van der Waals surface area contributed by atoms with E-state index in [2.05, 4.69) is 12.2 Å². The minimum absolute atomic E-state index is 0.196. The molecule has 0 aliphatic heterocycles. The van der Waals surface area contributed by atoms with Crippen molar-refractivity contribution in [2.24, 2.45) is 34.5 Å². The third-order valence-electron chi connectivity index (χ3n) is 7.71. The molecule has 4 nitrogen and oxygen atoms in total. The van der Waals surface area contributed by atoms with Crippen LogP contribution in [0.2, 0.25) is 0 Å². The van der Waals surface area contributed by atoms with Crippen LogP contribution in [-0.4, -0.2) is 24.1 Å². The van der Waals surface area contributed by atoms with Crippen LogP contribution < -0.4 is 0 Å². The molecule has 5 atom stereocenters. The standard InChI is InChI=1S/C24H32O4/c1-23(2,3)22(27)28-13-12-24-11-10-18-17-7-5-16(25)14-15(17)4-6-19(18)20(24)8-9-21(24)26/h4,6,14,17-20H,5,7-13H2,1-3H3/t17?,18?,19?,20?,24-/m1/s1. The fraction of sp³-hybridized carbons (Fsp3) is 0.708. The highest BCUT2D eigenvalue weighted by atomic mass is 16.5. The summed E-state index contributed by atoms with van der Waals surface area (Å²) >= 11 is 0. The molecule has 2 fully saturated rings. The van der Waals surface area contributed by atoms with Crippen molar-refractivity contribution in [3.05, 3.63) is 23.8 Å². The van der Waals surface area contributed by atoms with Crippen LogP contribution in [-0.2, 0) is 19.1 Å². The zero-order valence-corrected chi connectivity index (χ0v) is 17.3. The summed E-state index contributed by atoms with van der Waals surface area (Å²) in [5.74, 6) is 2.20. The highest BCUT2D eigenvalue weighted by molar-refractivity contribution is 5.92. The molecule has 4 unspecified atom stereocenters. The van der Waals surface area contributed by atoms with Crippen LogP contribution in [0.4, 0.5) is 0 Å². The summed E-state index contributed by atoms with van der Waals surface area (Å²) < 4.78 is 5.54. The second-order valence-corrected chi connectivity index (χ2v) is 10.3. The predicted molar refractivity (Wildman–Crippen MR) is 106 cm³/mol. The Hall–Kier alpha value is -1.71. The van der Waals surface area contributed by atoms with E-state index in [9.17, 15) is 14.4 Å². The van der Waals surface area contributed by atoms with E-state index in [-0.39, 0.29) is 17.2 Å². The molecule has 0 heterocycles. The molecule has 0 amide bonds. The highest BCUT2D eigenvalue weighted by Gasteiger charge is 2.57. The van der Waals surface area contributed by atoms with Crippen LogP contribution in [0.15, 0.2) is 23.8 Å². The maximum atomic E-state index is 13.0. The van der Waals surface area contributed by atoms with Crippen molar-refractivity contribution < 1.29 is 19.1 Å². The summed E-state index contributed by atoms with van der Waals surface area (Å²) in [6.45, 7) is 5.90. The van der Waals surface area contributed by atoms with E-state index in [4.69, 9.17) is 4.74 Å². The lowest BCUT2D eigenvalue weighted by atomic mass is 9.53. The lowest BCUT2D eigenvalue weighted by Gasteiger charge is -2.50. The normalized spacial score (nSPS) is 37.0. The van der Waals surface area contributed by atoms with Gasteiger partial charge in [0.2, 0.25) is 0 Å². The Kier molecular flexibility index (Phi) is 4.87. The van der Waals surface area contributed by atoms with Gasteiger partial charge in [0.25, 0.3) is 0 Å². The number of ether oxygens (including phenoxy) is 1. The first kappa shape index (κ1) is 19.6. The second-order valence-electron chi connectivity index (χ2n) is 10.3. The summed E-state index contributed by atoms with van der Waals surface area (Å²) in [5.41, 5.74) is 0.366. The largest absolute Gasteiger partial charge is 0.465 e. The van der Waals surface area contributed by atoms with Gasteiger partial charge in [0, 0.05) is 18.3 Å². The number of carbonyl (C=O) groups excluding carboxylic acids is 3. The first-order valence-corrected chi connectivity index (χ1v) is 10.9. The van der Waals surface area contributed by atoms with E-state index in [0.717, 1.165) is 25.7 Å². The summed E-state index contributed by atoms with van der Waals surface area (Å²) in [4.78, 5) is 36.9. The van der Waals surface area contributed by atoms with Crippen LogP contribution in [0.25, 0.3) is 0 Å². The molecule has 2 saturated carbocycles. The minimum atomic E-state index is -0.512. The molecule has 152 valence electrons. The molecule has 0 aromatic rings. The van der Waals surface area contributed by atoms with Gasteiger partial charge in [0.05, 0.1) is 12.0 Å². The van der Waals surface area contributed by atoms with Crippen molar-refractivity contribution in [2.75, 3.05) is 6.61 Å². The Morgan fingerprint density at radius 1 is 1.18 bits per heavy atom. The number of allylic oxidation sites excluding steroid dienone is 4. The molecular weight excluding hydrogens is 352 g/mol. The quantitative estimate of drug-likeness (QED) is 0.675. The summed E-state index contributed by atoms with van der Waals surface area (Å²) in [6.07, 6.45) is 12.1. The molecule has 4 aliphatic rings. The fourth-order valence-electron chi connectivity index (χ4n) is 6.24. The summed E-state index contributed by atoms with van der Waals surface area (Å²) in [5, 5.41) is 0. The monoisotopic (exact) mass is 384 g/mol. The van der Waals surface area contributed by atoms with Crippen molar-refractivity contribution in [2.45, 2.75) is 65.7 Å². The Bertz CT molecular complexity index is 753. The average molecular weight is 385 g/mol. The van der Waals surface area contributed by atoms with Gasteiger partial charge in [0.1, 0.15) is 5.78 Å². The fourth-order valence-corrected chi connectivity index (χ4v) is 6.24. The van der Waals surface area contributed by atoms with Crippen molar-refractivity contribution in [1.29, 1.82) is 0 Å². The first-order chi connectivity index (χ1) is 13.2. The number of carbonyl (C=O) groups is 3. The van der Waals surface area contributed by atoms with Gasteiger partial charge in [-0.25, -0.2) is 0 Å². The lowest BCUT2D eigenvalue weighted by molar-refractivity contribution is -0.155. The van der Waals surface area contributed by atoms with Crippen molar-refractivity contribution in [3.8, 4) is 0 Å². The first-order valence-electron chi connectivity index (χ1n) is 10.9. The van der Waals surface area contributed by atoms with E-state index in [1.165, 1.54) is 5.57 Å². The van der Waals surface area contributed by atoms with E-state index in [1.54, 1.807) is 0 Å². The molecule has 28 heavy (non-hydrogen) atoms. The van der Waals surface area contributed by atoms with Gasteiger partial charge in [0.15, 0.2) is 5.78 Å². The number of rotatable bonds is 3. The zero-order chi connectivity index (χ0) is 20.1. The molecule has 0 spiro atoms. The Morgan fingerprint density at radius 2 is 1.96 bits per heavy atom. The molecule has 4 rings (SSSR count). The highest BCUT2D eigenvalue weighted by Crippen LogP contribution is 2.60. The van der Waals surface area contributed by atoms with E-state index in [1.807, 2.05) is 26.8 Å². The predicted octanol–water partition coefficient (Wildman–Crippen LogP) is 4.43. The SMILES string of the molecule is CC(C)(C)C(=O)OCC[C@]12CCC3C4CCC(=O)C=C4C=CC3C1CCC2=O. The number of esters is 1. The molecule has 0 aromatic carbocycles. The van der Waals surface area contributed by atoms with Gasteiger partial charge in [-0.05, 0) is 88.2 Å². The Labute approximate surface area is 167 Å². The maximum Gasteiger partial charge on any atom is 0.311 e. The summed E-state index contributed by atoms with van der Waals surface area (Å²) in [6, 6.07) is 0. The number of hydrogen-bond acceptors (Lipinski definition) is 4. The third-order valence-corrected chi connectivity index (χ3v) is 7.71. The lowest BCUT2D eigenvalue weighted by Crippen LogP contribution is -2.47. The second kappa shape index (κ2) is 6.96. The van der Waals surface area contributed by atoms with Gasteiger partial charge in [-0.1, -0.05) is 12.2 Å². The van der Waals surface area contributed by atoms with Gasteiger partial charge >= 0.3 is 5.97 Å². The van der Waals surface area contributed by atoms with Crippen LogP contribution in [0.1, 0.15) is 65.7 Å². The molecular formula is C24H32O4. The van der Waals surface area contributed by atoms with Crippen LogP contribution in [0, 0.1) is 34.5 Å². The smallest absolute Gasteiger partial charge is 0.311 e. The number of Topliss-reactive ketones (excluding diaryl/α,β-unsaturated/α-hetero) is 1. The molecule has 0 N–H and O–H groups in total. The number of ketones is 2. The Morgan fingerprint density at radius 3 is 2.71 bits per heavy atom. The van der Waals surface area contributed by atoms with Crippen molar-refractivity contribution in [3.63, 3.8) is 0 Å². The topological polar surface area (TPSA) is 60.4 Å². The van der Waals surface area contributed by atoms with Gasteiger partial charge < -0.3 is 4.74 Å². The molecule has 0 aromatic heterocycles. The molecule has 0 saturated heterocycles. The molecule has 0 bridgehead atoms. The minimum Gasteiger partial charge on any atom is -0.465 e. The van der Waals surface area contributed by atoms with Gasteiger partial charge in [-0.2, -0.15) is 0 Å². The average Bonchev–Trinajstić information content (AvgIpc) is 2.97. The van der Waals surface area contributed by atoms with E-state index >= 15 is 0 Å². The van der Waals surface area contributed by atoms with Crippen LogP contribution in [0.3, 0.4) is 0 Å². The Balaban J connectivity index is 1.53. The van der Waals surface area contributed by atoms with Crippen molar-refractivity contribution >= 4 is 17.5 Å². The molecule has 4 heteroatoms. The zero-order valence-electron chi connectivity index (χ0n) is 17.3. The molecule has 4 aliphatic carbocycles. The van der Waals surface area contributed by atoms with Crippen LogP contribution >= 0.6 is 0 Å². The molecule has 0 radical (unpaired) electrons. The van der Waals surface area contributed by atoms with E-state index < -0.39 is 5.41 Å². The van der Waals surface area contributed by atoms with E-state index in [0.29, 0.717) is 55.3 Å². The third kappa shape index (κ3) is 3.19. The maximum absolute atomic E-state index is 13.0. The van der Waals surface area contributed by atoms with Gasteiger partial charge in [-0.3, -0.25) is 14.4 Å². The number of fused-ring (bicyclic) bond motifs is 5. The van der Waals surface area contributed by atoms with Gasteiger partial charge in [-0.15, -0.1) is 0 Å².